The molecule has 2 rings (SSSR count). The van der Waals surface area contributed by atoms with Gasteiger partial charge in [-0.25, -0.2) is 4.39 Å². The fraction of sp³-hybridized carbons (Fsp3) is 0.500. The number of carbonyl (C=O) groups is 1. The first kappa shape index (κ1) is 21.6. The summed E-state index contributed by atoms with van der Waals surface area (Å²) in [5, 5.41) is 13.4. The Morgan fingerprint density at radius 2 is 1.76 bits per heavy atom. The van der Waals surface area contributed by atoms with Crippen molar-refractivity contribution in [3.63, 3.8) is 0 Å². The predicted molar refractivity (Wildman–Crippen MR) is 77.7 cm³/mol. The molecule has 1 aliphatic rings. The van der Waals surface area contributed by atoms with E-state index in [1.807, 2.05) is 0 Å². The van der Waals surface area contributed by atoms with Crippen LogP contribution in [0.1, 0.15) is 12.8 Å². The molecule has 0 radical (unpaired) electrons. The van der Waals surface area contributed by atoms with Gasteiger partial charge in [0.2, 0.25) is 0 Å². The van der Waals surface area contributed by atoms with Gasteiger partial charge in [-0.1, -0.05) is 6.54 Å². The Morgan fingerprint density at radius 1 is 1.24 bits per heavy atom. The average molecular weight is 461 g/mol. The number of carbonyl (C=O) groups excluding carboxylic acids is 1. The fourth-order valence-electron chi connectivity index (χ4n) is 2.41. The van der Waals surface area contributed by atoms with E-state index in [1.54, 1.807) is 4.90 Å². The maximum absolute atomic E-state index is 14.5. The van der Waals surface area contributed by atoms with Gasteiger partial charge in [0, 0.05) is 58.2 Å². The molecule has 0 unspecified atom stereocenters. The van der Waals surface area contributed by atoms with Crippen molar-refractivity contribution in [1.82, 2.24) is 0 Å². The predicted octanol–water partition coefficient (Wildman–Crippen LogP) is 3.36. The van der Waals surface area contributed by atoms with Crippen molar-refractivity contribution < 1.29 is 54.6 Å². The molecule has 1 aromatic rings. The van der Waals surface area contributed by atoms with Crippen LogP contribution in [0.2, 0.25) is 0 Å². The molecule has 1 fully saturated rings. The van der Waals surface area contributed by atoms with Gasteiger partial charge in [-0.2, -0.15) is 13.2 Å². The average Bonchev–Trinajstić information content (AvgIpc) is 2.52. The minimum Gasteiger partial charge on any atom is -0.643 e. The number of halogens is 4. The van der Waals surface area contributed by atoms with E-state index in [4.69, 9.17) is 0 Å². The topological polar surface area (TPSA) is 77.5 Å². The van der Waals surface area contributed by atoms with E-state index in [2.05, 4.69) is 5.32 Å². The largest absolute Gasteiger partial charge is 0.643 e. The number of nitro benzene ring substituents is 1. The van der Waals surface area contributed by atoms with Gasteiger partial charge < -0.3 is 15.0 Å². The van der Waals surface area contributed by atoms with Gasteiger partial charge in [-0.05, 0) is 25.0 Å². The van der Waals surface area contributed by atoms with E-state index in [-0.39, 0.29) is 58.9 Å². The molecule has 1 saturated heterocycles. The summed E-state index contributed by atoms with van der Waals surface area (Å²) in [6.07, 6.45) is -5.26. The van der Waals surface area contributed by atoms with Crippen LogP contribution in [0.3, 0.4) is 0 Å². The van der Waals surface area contributed by atoms with Crippen LogP contribution in [0.5, 0.6) is 0 Å². The Kier molecular flexibility index (Phi) is 7.14. The van der Waals surface area contributed by atoms with Crippen LogP contribution in [0.15, 0.2) is 24.3 Å². The number of rotatable bonds is 4. The zero-order valence-corrected chi connectivity index (χ0v) is 17.2. The van der Waals surface area contributed by atoms with Crippen molar-refractivity contribution in [3.8, 4) is 0 Å². The molecular weight excluding hydrogens is 447 g/mol. The van der Waals surface area contributed by atoms with Crippen molar-refractivity contribution in [2.24, 2.45) is 0 Å². The molecule has 1 aromatic carbocycles. The number of nitrogens with zero attached hydrogens (tertiary/aromatic N) is 3. The molecule has 1 amide bonds. The van der Waals surface area contributed by atoms with Crippen molar-refractivity contribution in [1.29, 1.82) is 0 Å². The Hall–Kier alpha value is -1.47. The summed E-state index contributed by atoms with van der Waals surface area (Å²) < 4.78 is 50.7. The molecule has 0 N–H and O–H groups in total. The smallest absolute Gasteiger partial charge is 0.432 e. The van der Waals surface area contributed by atoms with E-state index in [1.165, 1.54) is 24.3 Å². The molecule has 134 valence electrons. The van der Waals surface area contributed by atoms with Gasteiger partial charge in [0.25, 0.3) is 5.69 Å². The molecule has 6 nitrogen and oxygen atoms in total. The quantitative estimate of drug-likeness (QED) is 0.299. The number of hydrogen-bond acceptors (Lipinski definition) is 4. The van der Waals surface area contributed by atoms with Crippen LogP contribution in [-0.2, 0) is 32.1 Å². The van der Waals surface area contributed by atoms with Gasteiger partial charge in [-0.3, -0.25) is 10.1 Å². The molecular formula is C14H14CdF4N3O3-. The molecule has 1 aliphatic heterocycles. The Labute approximate surface area is 160 Å². The second kappa shape index (κ2) is 8.27. The van der Waals surface area contributed by atoms with E-state index < -0.39 is 29.2 Å². The Morgan fingerprint density at radius 3 is 2.20 bits per heavy atom. The number of piperidine rings is 1. The second-order valence-corrected chi connectivity index (χ2v) is 5.53. The van der Waals surface area contributed by atoms with Gasteiger partial charge in [0.1, 0.15) is 0 Å². The molecule has 0 bridgehead atoms. The maximum atomic E-state index is 14.5. The standard InChI is InChI=1S/C14H15F4N3O3.Cd/c15-13(9-19-12(22)14(16,17)18)5-7-20(8-6-13)10-1-3-11(4-2-10)21(23)24;/h1-4H,5-9H2,(H,19,22);/p-1. The SMILES string of the molecule is O=C([N-]CC1(F)CCN(c2ccc([N+](=O)[O-])cc2)CC1)C(F)(F)F.[Cd]. The first-order valence-electron chi connectivity index (χ1n) is 7.08. The zero-order chi connectivity index (χ0) is 18.0. The molecule has 0 aromatic heterocycles. The number of non-ortho nitro benzene ring substituents is 1. The van der Waals surface area contributed by atoms with Crippen LogP contribution in [-0.4, -0.2) is 42.3 Å². The van der Waals surface area contributed by atoms with Crippen LogP contribution >= 0.6 is 0 Å². The summed E-state index contributed by atoms with van der Waals surface area (Å²) in [6, 6.07) is 5.70. The molecule has 0 saturated carbocycles. The third-order valence-electron chi connectivity index (χ3n) is 3.83. The van der Waals surface area contributed by atoms with Crippen LogP contribution in [0.25, 0.3) is 5.32 Å². The number of hydrogen-bond donors (Lipinski definition) is 0. The van der Waals surface area contributed by atoms with E-state index in [0.29, 0.717) is 5.69 Å². The summed E-state index contributed by atoms with van der Waals surface area (Å²) in [6.45, 7) is -0.395. The maximum Gasteiger partial charge on any atom is 0.432 e. The molecule has 0 aliphatic carbocycles. The molecule has 25 heavy (non-hydrogen) atoms. The van der Waals surface area contributed by atoms with E-state index in [0.717, 1.165) is 0 Å². The summed E-state index contributed by atoms with van der Waals surface area (Å²) >= 11 is 0. The summed E-state index contributed by atoms with van der Waals surface area (Å²) in [7, 11) is 0. The number of amides is 1. The van der Waals surface area contributed by atoms with Crippen molar-refractivity contribution >= 4 is 17.3 Å². The third kappa shape index (κ3) is 5.78. The van der Waals surface area contributed by atoms with Gasteiger partial charge in [0.15, 0.2) is 5.91 Å². The van der Waals surface area contributed by atoms with Crippen LogP contribution in [0, 0.1) is 10.1 Å². The van der Waals surface area contributed by atoms with Crippen LogP contribution < -0.4 is 4.90 Å². The fourth-order valence-corrected chi connectivity index (χ4v) is 2.41. The monoisotopic (exact) mass is 462 g/mol. The first-order chi connectivity index (χ1) is 11.1. The Bertz CT molecular complexity index is 617. The molecule has 0 spiro atoms. The summed E-state index contributed by atoms with van der Waals surface area (Å²) in [5.41, 5.74) is -1.37. The molecule has 0 atom stereocenters. The van der Waals surface area contributed by atoms with Crippen molar-refractivity contribution in [2.75, 3.05) is 24.5 Å². The minimum absolute atomic E-state index is 0. The molecule has 11 heteroatoms. The normalized spacial score (nSPS) is 16.7. The van der Waals surface area contributed by atoms with E-state index >= 15 is 0 Å². The zero-order valence-electron chi connectivity index (χ0n) is 13.1. The van der Waals surface area contributed by atoms with Crippen molar-refractivity contribution in [2.45, 2.75) is 24.7 Å². The number of anilines is 1. The van der Waals surface area contributed by atoms with Crippen LogP contribution in [0.4, 0.5) is 28.9 Å². The number of benzene rings is 1. The Balaban J connectivity index is 0.00000312. The van der Waals surface area contributed by atoms with Crippen molar-refractivity contribution in [3.05, 3.63) is 39.7 Å². The van der Waals surface area contributed by atoms with Gasteiger partial charge in [-0.15, -0.1) is 0 Å². The van der Waals surface area contributed by atoms with Gasteiger partial charge in [0.05, 0.1) is 10.6 Å². The number of alkyl halides is 4. The molecule has 1 heterocycles. The second-order valence-electron chi connectivity index (χ2n) is 5.53. The number of nitro groups is 1. The van der Waals surface area contributed by atoms with Gasteiger partial charge >= 0.3 is 6.18 Å². The first-order valence-corrected chi connectivity index (χ1v) is 7.08. The minimum atomic E-state index is -5.09. The third-order valence-corrected chi connectivity index (χ3v) is 3.83. The summed E-state index contributed by atoms with van der Waals surface area (Å²) in [4.78, 5) is 22.5. The summed E-state index contributed by atoms with van der Waals surface area (Å²) in [5.74, 6) is -2.28. The van der Waals surface area contributed by atoms with E-state index in [9.17, 15) is 32.5 Å².